The van der Waals surface area contributed by atoms with Crippen molar-refractivity contribution in [2.45, 2.75) is 30.5 Å². The van der Waals surface area contributed by atoms with E-state index in [-0.39, 0.29) is 13.3 Å². The summed E-state index contributed by atoms with van der Waals surface area (Å²) in [5.41, 5.74) is 3.50. The molecule has 8 nitrogen and oxygen atoms in total. The maximum Gasteiger partial charge on any atom is 0.339 e. The minimum absolute atomic E-state index is 0.187. The van der Waals surface area contributed by atoms with Gasteiger partial charge in [-0.25, -0.2) is 9.78 Å². The van der Waals surface area contributed by atoms with Crippen LogP contribution in [0.4, 0.5) is 0 Å². The number of carbonyl (C=O) groups excluding carboxylic acids is 2. The summed E-state index contributed by atoms with van der Waals surface area (Å²) in [7, 11) is 0. The van der Waals surface area contributed by atoms with E-state index in [4.69, 9.17) is 18.6 Å². The number of para-hydroxylation sites is 2. The molecular formula is C26H22N2O6S. The van der Waals surface area contributed by atoms with E-state index in [9.17, 15) is 9.59 Å². The monoisotopic (exact) mass is 490 g/mol. The summed E-state index contributed by atoms with van der Waals surface area (Å²) in [5.74, 6) is 0.820. The Hall–Kier alpha value is -3.98. The summed E-state index contributed by atoms with van der Waals surface area (Å²) in [6, 6.07) is 20.1. The quantitative estimate of drug-likeness (QED) is 0.280. The molecule has 1 aliphatic heterocycles. The van der Waals surface area contributed by atoms with Crippen molar-refractivity contribution in [2.24, 2.45) is 0 Å². The van der Waals surface area contributed by atoms with Crippen molar-refractivity contribution in [1.82, 2.24) is 10.3 Å². The van der Waals surface area contributed by atoms with Gasteiger partial charge in [-0.05, 0) is 48.4 Å². The highest BCUT2D eigenvalue weighted by Gasteiger charge is 2.21. The Balaban J connectivity index is 1.18. The van der Waals surface area contributed by atoms with Crippen LogP contribution in [0.5, 0.6) is 11.5 Å². The second-order valence-corrected chi connectivity index (χ2v) is 8.77. The molecule has 1 N–H and O–H groups in total. The van der Waals surface area contributed by atoms with E-state index in [1.165, 1.54) is 11.8 Å². The Morgan fingerprint density at radius 1 is 1.06 bits per heavy atom. The van der Waals surface area contributed by atoms with Crippen LogP contribution < -0.4 is 14.8 Å². The van der Waals surface area contributed by atoms with Crippen molar-refractivity contribution in [3.05, 3.63) is 83.4 Å². The van der Waals surface area contributed by atoms with Crippen molar-refractivity contribution in [2.75, 3.05) is 6.79 Å². The number of fused-ring (bicyclic) bond motifs is 2. The Morgan fingerprint density at radius 2 is 1.86 bits per heavy atom. The average molecular weight is 491 g/mol. The molecule has 4 aromatic rings. The first-order chi connectivity index (χ1) is 17.1. The number of esters is 1. The molecule has 9 heteroatoms. The van der Waals surface area contributed by atoms with Crippen LogP contribution in [0.25, 0.3) is 11.1 Å². The number of benzene rings is 3. The molecule has 35 heavy (non-hydrogen) atoms. The van der Waals surface area contributed by atoms with E-state index >= 15 is 0 Å². The molecule has 5 rings (SSSR count). The van der Waals surface area contributed by atoms with E-state index in [1.807, 2.05) is 48.5 Å². The zero-order valence-corrected chi connectivity index (χ0v) is 19.7. The average Bonchev–Trinajstić information content (AvgIpc) is 3.52. The summed E-state index contributed by atoms with van der Waals surface area (Å²) in [4.78, 5) is 29.8. The van der Waals surface area contributed by atoms with Gasteiger partial charge in [0.1, 0.15) is 5.52 Å². The van der Waals surface area contributed by atoms with Gasteiger partial charge in [0.2, 0.25) is 6.79 Å². The van der Waals surface area contributed by atoms with Gasteiger partial charge in [0.15, 0.2) is 23.2 Å². The number of amides is 1. The highest BCUT2D eigenvalue weighted by molar-refractivity contribution is 7.98. The third kappa shape index (κ3) is 5.25. The lowest BCUT2D eigenvalue weighted by Crippen LogP contribution is -2.35. The first kappa shape index (κ1) is 22.8. The number of oxazole rings is 1. The van der Waals surface area contributed by atoms with Crippen LogP contribution >= 0.6 is 11.8 Å². The predicted octanol–water partition coefficient (Wildman–Crippen LogP) is 4.71. The standard InChI is InChI=1S/C26H22N2O6S/c1-16(24(29)27-13-17-10-11-22-23(12-17)32-15-31-22)33-25(30)19-7-3-2-6-18(19)14-35-26-28-20-8-4-5-9-21(20)34-26/h2-12,16H,13-15H2,1H3,(H,27,29). The van der Waals surface area contributed by atoms with Gasteiger partial charge in [0, 0.05) is 12.3 Å². The van der Waals surface area contributed by atoms with Gasteiger partial charge < -0.3 is 23.9 Å². The number of aromatic nitrogens is 1. The molecule has 0 radical (unpaired) electrons. The van der Waals surface area contributed by atoms with Gasteiger partial charge in [0.25, 0.3) is 11.1 Å². The molecule has 1 unspecified atom stereocenters. The van der Waals surface area contributed by atoms with Crippen LogP contribution in [0.1, 0.15) is 28.4 Å². The first-order valence-corrected chi connectivity index (χ1v) is 12.0. The zero-order valence-electron chi connectivity index (χ0n) is 18.9. The fraction of sp³-hybridized carbons (Fsp3) is 0.192. The van der Waals surface area contributed by atoms with E-state index < -0.39 is 18.0 Å². The molecule has 0 aliphatic carbocycles. The van der Waals surface area contributed by atoms with Crippen molar-refractivity contribution in [1.29, 1.82) is 0 Å². The fourth-order valence-corrected chi connectivity index (χ4v) is 4.40. The number of ether oxygens (including phenoxy) is 3. The molecule has 1 amide bonds. The van der Waals surface area contributed by atoms with Gasteiger partial charge in [-0.15, -0.1) is 0 Å². The maximum atomic E-state index is 12.9. The van der Waals surface area contributed by atoms with Crippen LogP contribution in [0, 0.1) is 0 Å². The van der Waals surface area contributed by atoms with E-state index in [0.717, 1.165) is 16.6 Å². The Labute approximate surface area is 205 Å². The number of rotatable bonds is 8. The largest absolute Gasteiger partial charge is 0.454 e. The summed E-state index contributed by atoms with van der Waals surface area (Å²) < 4.78 is 21.8. The lowest BCUT2D eigenvalue weighted by Gasteiger charge is -2.15. The van der Waals surface area contributed by atoms with Gasteiger partial charge >= 0.3 is 5.97 Å². The lowest BCUT2D eigenvalue weighted by atomic mass is 10.1. The van der Waals surface area contributed by atoms with Gasteiger partial charge in [-0.3, -0.25) is 4.79 Å². The molecule has 0 saturated carbocycles. The van der Waals surface area contributed by atoms with Crippen LogP contribution in [0.2, 0.25) is 0 Å². The first-order valence-electron chi connectivity index (χ1n) is 11.0. The third-order valence-electron chi connectivity index (χ3n) is 5.42. The maximum absolute atomic E-state index is 12.9. The number of hydrogen-bond acceptors (Lipinski definition) is 8. The number of hydrogen-bond donors (Lipinski definition) is 1. The highest BCUT2D eigenvalue weighted by atomic mass is 32.2. The zero-order chi connectivity index (χ0) is 24.2. The molecular weight excluding hydrogens is 468 g/mol. The topological polar surface area (TPSA) is 99.9 Å². The minimum atomic E-state index is -0.964. The van der Waals surface area contributed by atoms with Crippen LogP contribution in [0.15, 0.2) is 76.4 Å². The highest BCUT2D eigenvalue weighted by Crippen LogP contribution is 2.32. The van der Waals surface area contributed by atoms with Crippen LogP contribution in [-0.2, 0) is 21.8 Å². The number of nitrogens with zero attached hydrogens (tertiary/aromatic N) is 1. The molecule has 0 spiro atoms. The summed E-state index contributed by atoms with van der Waals surface area (Å²) in [6.45, 7) is 2.00. The van der Waals surface area contributed by atoms with Gasteiger partial charge in [-0.1, -0.05) is 48.2 Å². The van der Waals surface area contributed by atoms with Crippen molar-refractivity contribution >= 4 is 34.7 Å². The molecule has 0 fully saturated rings. The molecule has 2 heterocycles. The van der Waals surface area contributed by atoms with Crippen molar-refractivity contribution < 1.29 is 28.2 Å². The van der Waals surface area contributed by atoms with Gasteiger partial charge in [-0.2, -0.15) is 0 Å². The predicted molar refractivity (Wildman–Crippen MR) is 129 cm³/mol. The molecule has 0 bridgehead atoms. The van der Waals surface area contributed by atoms with Gasteiger partial charge in [0.05, 0.1) is 5.56 Å². The summed E-state index contributed by atoms with van der Waals surface area (Å²) in [5, 5.41) is 3.30. The van der Waals surface area contributed by atoms with E-state index in [1.54, 1.807) is 25.1 Å². The Bertz CT molecular complexity index is 1350. The SMILES string of the molecule is CC(OC(=O)c1ccccc1CSc1nc2ccccc2o1)C(=O)NCc1ccc2c(c1)OCO2. The smallest absolute Gasteiger partial charge is 0.339 e. The number of thioether (sulfide) groups is 1. The molecule has 178 valence electrons. The second kappa shape index (κ2) is 10.1. The van der Waals surface area contributed by atoms with E-state index in [2.05, 4.69) is 10.3 Å². The fourth-order valence-electron chi connectivity index (χ4n) is 3.56. The number of nitrogens with one attached hydrogen (secondary N) is 1. The third-order valence-corrected chi connectivity index (χ3v) is 6.30. The lowest BCUT2D eigenvalue weighted by molar-refractivity contribution is -0.129. The van der Waals surface area contributed by atoms with E-state index in [0.29, 0.717) is 33.6 Å². The second-order valence-electron chi connectivity index (χ2n) is 7.85. The molecule has 0 saturated heterocycles. The van der Waals surface area contributed by atoms with Crippen LogP contribution in [0.3, 0.4) is 0 Å². The minimum Gasteiger partial charge on any atom is -0.454 e. The van der Waals surface area contributed by atoms with Crippen LogP contribution in [-0.4, -0.2) is 29.8 Å². The normalized spacial score (nSPS) is 12.9. The summed E-state index contributed by atoms with van der Waals surface area (Å²) >= 11 is 1.39. The van der Waals surface area contributed by atoms with Crippen molar-refractivity contribution in [3.8, 4) is 11.5 Å². The molecule has 1 atom stereocenters. The number of carbonyl (C=O) groups is 2. The molecule has 1 aliphatic rings. The van der Waals surface area contributed by atoms with Crippen molar-refractivity contribution in [3.63, 3.8) is 0 Å². The molecule has 3 aromatic carbocycles. The summed E-state index contributed by atoms with van der Waals surface area (Å²) in [6.07, 6.45) is -0.964. The Kier molecular flexibility index (Phi) is 6.58. The molecule has 1 aromatic heterocycles. The Morgan fingerprint density at radius 3 is 2.74 bits per heavy atom.